The molecule has 1 aromatic rings. The third kappa shape index (κ3) is 3.39. The van der Waals surface area contributed by atoms with Gasteiger partial charge in [0.05, 0.1) is 24.3 Å². The molecule has 0 amide bonds. The average molecular weight is 326 g/mol. The molecule has 2 heterocycles. The zero-order valence-corrected chi connectivity index (χ0v) is 13.3. The van der Waals surface area contributed by atoms with Crippen molar-refractivity contribution in [1.29, 1.82) is 0 Å². The third-order valence-electron chi connectivity index (χ3n) is 3.65. The lowest BCUT2D eigenvalue weighted by Crippen LogP contribution is -2.47. The first-order valence-corrected chi connectivity index (χ1v) is 7.76. The molecule has 0 radical (unpaired) electrons. The molecule has 1 saturated heterocycles. The van der Waals surface area contributed by atoms with Gasteiger partial charge in [0.15, 0.2) is 17.5 Å². The Balaban J connectivity index is 1.70. The van der Waals surface area contributed by atoms with Crippen molar-refractivity contribution >= 4 is 17.6 Å². The Morgan fingerprint density at radius 2 is 2.18 bits per heavy atom. The second-order valence-corrected chi connectivity index (χ2v) is 5.81. The zero-order valence-electron chi connectivity index (χ0n) is 12.5. The van der Waals surface area contributed by atoms with E-state index in [2.05, 4.69) is 4.99 Å². The van der Waals surface area contributed by atoms with Crippen molar-refractivity contribution in [3.05, 3.63) is 22.7 Å². The van der Waals surface area contributed by atoms with Crippen LogP contribution in [-0.2, 0) is 11.3 Å². The van der Waals surface area contributed by atoms with Gasteiger partial charge in [0.25, 0.3) is 0 Å². The Bertz CT molecular complexity index is 579. The van der Waals surface area contributed by atoms with E-state index < -0.39 is 0 Å². The normalized spacial score (nSPS) is 21.8. The minimum absolute atomic E-state index is 0.172. The van der Waals surface area contributed by atoms with E-state index in [0.717, 1.165) is 18.7 Å². The van der Waals surface area contributed by atoms with Gasteiger partial charge in [-0.1, -0.05) is 11.6 Å². The molecule has 7 heteroatoms. The molecule has 1 fully saturated rings. The number of nitrogens with two attached hydrogens (primary N) is 1. The number of morpholine rings is 1. The number of benzene rings is 1. The SMILES string of the molecule is CC1CN(C(N)=NCc2cc(Cl)c3c(c2)OCCO3)CCO1. The molecule has 1 unspecified atom stereocenters. The Labute approximate surface area is 134 Å². The van der Waals surface area contributed by atoms with Crippen LogP contribution < -0.4 is 15.2 Å². The van der Waals surface area contributed by atoms with Gasteiger partial charge in [0, 0.05) is 13.1 Å². The summed E-state index contributed by atoms with van der Waals surface area (Å²) in [5, 5.41) is 0.543. The smallest absolute Gasteiger partial charge is 0.191 e. The first kappa shape index (κ1) is 15.2. The number of nitrogens with zero attached hydrogens (tertiary/aromatic N) is 2. The Morgan fingerprint density at radius 3 is 3.00 bits per heavy atom. The topological polar surface area (TPSA) is 69.3 Å². The van der Waals surface area contributed by atoms with Crippen LogP contribution in [0.3, 0.4) is 0 Å². The molecule has 1 aromatic carbocycles. The summed E-state index contributed by atoms with van der Waals surface area (Å²) in [5.41, 5.74) is 7.01. The number of hydrogen-bond acceptors (Lipinski definition) is 4. The second kappa shape index (κ2) is 6.62. The number of ether oxygens (including phenoxy) is 3. The fraction of sp³-hybridized carbons (Fsp3) is 0.533. The zero-order chi connectivity index (χ0) is 15.5. The number of aliphatic imine (C=N–C) groups is 1. The van der Waals surface area contributed by atoms with Crippen LogP contribution in [0.5, 0.6) is 11.5 Å². The molecule has 2 aliphatic heterocycles. The molecular weight excluding hydrogens is 306 g/mol. The summed E-state index contributed by atoms with van der Waals surface area (Å²) in [6.45, 7) is 5.73. The highest BCUT2D eigenvalue weighted by Crippen LogP contribution is 2.38. The minimum Gasteiger partial charge on any atom is -0.486 e. The standard InChI is InChI=1S/C15H20ClN3O3/c1-10-9-19(2-3-20-10)15(17)18-8-11-6-12(16)14-13(7-11)21-4-5-22-14/h6-7,10H,2-5,8-9H2,1H3,(H2,17,18). The summed E-state index contributed by atoms with van der Waals surface area (Å²) < 4.78 is 16.6. The first-order chi connectivity index (χ1) is 10.6. The molecule has 1 atom stereocenters. The molecule has 2 aliphatic rings. The average Bonchev–Trinajstić information content (AvgIpc) is 2.53. The summed E-state index contributed by atoms with van der Waals surface area (Å²) in [6.07, 6.45) is 0.172. The van der Waals surface area contributed by atoms with Gasteiger partial charge in [-0.15, -0.1) is 0 Å². The highest BCUT2D eigenvalue weighted by Gasteiger charge is 2.19. The fourth-order valence-corrected chi connectivity index (χ4v) is 2.84. The summed E-state index contributed by atoms with van der Waals surface area (Å²) >= 11 is 6.22. The number of hydrogen-bond donors (Lipinski definition) is 1. The third-order valence-corrected chi connectivity index (χ3v) is 3.93. The van der Waals surface area contributed by atoms with Crippen molar-refractivity contribution in [2.24, 2.45) is 10.7 Å². The Morgan fingerprint density at radius 1 is 1.36 bits per heavy atom. The van der Waals surface area contributed by atoms with Gasteiger partial charge in [-0.25, -0.2) is 4.99 Å². The maximum absolute atomic E-state index is 6.22. The van der Waals surface area contributed by atoms with Crippen molar-refractivity contribution in [2.45, 2.75) is 19.6 Å². The highest BCUT2D eigenvalue weighted by atomic mass is 35.5. The van der Waals surface area contributed by atoms with Crippen LogP contribution in [0.25, 0.3) is 0 Å². The van der Waals surface area contributed by atoms with Crippen LogP contribution in [0, 0.1) is 0 Å². The van der Waals surface area contributed by atoms with Crippen molar-refractivity contribution in [3.63, 3.8) is 0 Å². The Hall–Kier alpha value is -1.66. The second-order valence-electron chi connectivity index (χ2n) is 5.40. The van der Waals surface area contributed by atoms with Crippen LogP contribution >= 0.6 is 11.6 Å². The lowest BCUT2D eigenvalue weighted by molar-refractivity contribution is 0.00529. The number of fused-ring (bicyclic) bond motifs is 1. The van der Waals surface area contributed by atoms with Crippen LogP contribution in [0.4, 0.5) is 0 Å². The van der Waals surface area contributed by atoms with Gasteiger partial charge in [0.1, 0.15) is 13.2 Å². The van der Waals surface area contributed by atoms with Crippen molar-refractivity contribution in [3.8, 4) is 11.5 Å². The van der Waals surface area contributed by atoms with Gasteiger partial charge in [-0.05, 0) is 24.6 Å². The van der Waals surface area contributed by atoms with Crippen molar-refractivity contribution in [2.75, 3.05) is 32.9 Å². The summed E-state index contributed by atoms with van der Waals surface area (Å²) in [6, 6.07) is 3.74. The monoisotopic (exact) mass is 325 g/mol. The predicted molar refractivity (Wildman–Crippen MR) is 84.8 cm³/mol. The van der Waals surface area contributed by atoms with Crippen molar-refractivity contribution < 1.29 is 14.2 Å². The molecule has 3 rings (SSSR count). The number of halogens is 1. The molecule has 22 heavy (non-hydrogen) atoms. The van der Waals surface area contributed by atoms with E-state index in [9.17, 15) is 0 Å². The molecule has 0 aliphatic carbocycles. The predicted octanol–water partition coefficient (Wildman–Crippen LogP) is 1.65. The van der Waals surface area contributed by atoms with Gasteiger partial charge in [-0.2, -0.15) is 0 Å². The van der Waals surface area contributed by atoms with Crippen LogP contribution in [-0.4, -0.2) is 49.9 Å². The maximum atomic E-state index is 6.22. The lowest BCUT2D eigenvalue weighted by atomic mass is 10.2. The van der Waals surface area contributed by atoms with E-state index in [0.29, 0.717) is 48.8 Å². The van der Waals surface area contributed by atoms with Crippen molar-refractivity contribution in [1.82, 2.24) is 4.90 Å². The molecule has 0 bridgehead atoms. The van der Waals surface area contributed by atoms with E-state index in [1.165, 1.54) is 0 Å². The quantitative estimate of drug-likeness (QED) is 0.661. The van der Waals surface area contributed by atoms with E-state index in [1.807, 2.05) is 24.0 Å². The van der Waals surface area contributed by atoms with Gasteiger partial charge in [-0.3, -0.25) is 0 Å². The summed E-state index contributed by atoms with van der Waals surface area (Å²) in [7, 11) is 0. The number of guanidine groups is 1. The van der Waals surface area contributed by atoms with Crippen LogP contribution in [0.2, 0.25) is 5.02 Å². The number of rotatable bonds is 2. The van der Waals surface area contributed by atoms with E-state index >= 15 is 0 Å². The molecule has 2 N–H and O–H groups in total. The maximum Gasteiger partial charge on any atom is 0.191 e. The molecule has 0 aromatic heterocycles. The summed E-state index contributed by atoms with van der Waals surface area (Å²) in [5.74, 6) is 1.80. The van der Waals surface area contributed by atoms with Crippen LogP contribution in [0.1, 0.15) is 12.5 Å². The molecular formula is C15H20ClN3O3. The largest absolute Gasteiger partial charge is 0.486 e. The minimum atomic E-state index is 0.172. The van der Waals surface area contributed by atoms with E-state index in [1.54, 1.807) is 0 Å². The van der Waals surface area contributed by atoms with Gasteiger partial charge < -0.3 is 24.8 Å². The molecule has 6 nitrogen and oxygen atoms in total. The van der Waals surface area contributed by atoms with E-state index in [-0.39, 0.29) is 6.10 Å². The van der Waals surface area contributed by atoms with Crippen LogP contribution in [0.15, 0.2) is 17.1 Å². The molecule has 0 saturated carbocycles. The summed E-state index contributed by atoms with van der Waals surface area (Å²) in [4.78, 5) is 6.49. The first-order valence-electron chi connectivity index (χ1n) is 7.38. The van der Waals surface area contributed by atoms with Gasteiger partial charge >= 0.3 is 0 Å². The van der Waals surface area contributed by atoms with E-state index in [4.69, 9.17) is 31.5 Å². The van der Waals surface area contributed by atoms with Gasteiger partial charge in [0.2, 0.25) is 0 Å². The lowest BCUT2D eigenvalue weighted by Gasteiger charge is -2.31. The fourth-order valence-electron chi connectivity index (χ4n) is 2.55. The molecule has 120 valence electrons. The highest BCUT2D eigenvalue weighted by molar-refractivity contribution is 6.32. The molecule has 0 spiro atoms. The Kier molecular flexibility index (Phi) is 4.59.